The summed E-state index contributed by atoms with van der Waals surface area (Å²) in [5.41, 5.74) is -0.227. The summed E-state index contributed by atoms with van der Waals surface area (Å²) in [7, 11) is 0. The molecule has 0 aliphatic rings. The van der Waals surface area contributed by atoms with Gasteiger partial charge in [-0.15, -0.1) is 0 Å². The largest absolute Gasteiger partial charge is 0.460 e. The number of carbonyl (C=O) groups is 2. The second kappa shape index (κ2) is 9.45. The first-order chi connectivity index (χ1) is 14.3. The van der Waals surface area contributed by atoms with Crippen LogP contribution in [0.3, 0.4) is 0 Å². The second-order valence-corrected chi connectivity index (χ2v) is 8.66. The second-order valence-electron chi connectivity index (χ2n) is 8.66. The molecule has 0 spiro atoms. The zero-order valence-electron chi connectivity index (χ0n) is 18.7. The van der Waals surface area contributed by atoms with Gasteiger partial charge in [0.1, 0.15) is 29.4 Å². The van der Waals surface area contributed by atoms with Crippen molar-refractivity contribution in [1.29, 1.82) is 0 Å². The maximum atomic E-state index is 13.5. The molecule has 0 fully saturated rings. The lowest BCUT2D eigenvalue weighted by atomic mass is 9.72. The van der Waals surface area contributed by atoms with Crippen LogP contribution in [0.5, 0.6) is 0 Å². The van der Waals surface area contributed by atoms with E-state index in [0.717, 1.165) is 0 Å². The predicted octanol–water partition coefficient (Wildman–Crippen LogP) is 5.12. The van der Waals surface area contributed by atoms with E-state index in [1.807, 2.05) is 6.92 Å². The molecule has 1 amide bonds. The van der Waals surface area contributed by atoms with Gasteiger partial charge in [-0.25, -0.2) is 18.4 Å². The van der Waals surface area contributed by atoms with E-state index in [1.165, 1.54) is 31.2 Å². The van der Waals surface area contributed by atoms with Gasteiger partial charge in [-0.3, -0.25) is 0 Å². The number of amides is 1. The molecule has 0 aliphatic carbocycles. The number of benzene rings is 2. The third kappa shape index (κ3) is 6.26. The number of ether oxygens (including phenoxy) is 2. The predicted molar refractivity (Wildman–Crippen MR) is 114 cm³/mol. The molecule has 31 heavy (non-hydrogen) atoms. The summed E-state index contributed by atoms with van der Waals surface area (Å²) in [6.07, 6.45) is -1.46. The minimum absolute atomic E-state index is 0.398. The first-order valence-corrected chi connectivity index (χ1v) is 10.0. The molecule has 2 rings (SSSR count). The van der Waals surface area contributed by atoms with E-state index in [-0.39, 0.29) is 0 Å². The number of hydrogen-bond acceptors (Lipinski definition) is 4. The van der Waals surface area contributed by atoms with E-state index in [4.69, 9.17) is 9.47 Å². The minimum Gasteiger partial charge on any atom is -0.460 e. The van der Waals surface area contributed by atoms with Crippen LogP contribution < -0.4 is 5.32 Å². The number of nitrogens with one attached hydrogen (secondary N) is 1. The molecule has 0 saturated heterocycles. The Labute approximate surface area is 181 Å². The van der Waals surface area contributed by atoms with Crippen LogP contribution in [0.4, 0.5) is 13.6 Å². The van der Waals surface area contributed by atoms with Crippen molar-refractivity contribution in [2.24, 2.45) is 0 Å². The van der Waals surface area contributed by atoms with E-state index >= 15 is 0 Å². The van der Waals surface area contributed by atoms with E-state index in [0.29, 0.717) is 11.1 Å². The molecule has 5 nitrogen and oxygen atoms in total. The molecule has 2 aromatic rings. The van der Waals surface area contributed by atoms with Crippen molar-refractivity contribution in [3.63, 3.8) is 0 Å². The normalized spacial score (nSPS) is 13.8. The molecule has 0 radical (unpaired) electrons. The Kier molecular flexibility index (Phi) is 7.41. The average molecular weight is 433 g/mol. The van der Waals surface area contributed by atoms with Crippen LogP contribution in [0.2, 0.25) is 0 Å². The van der Waals surface area contributed by atoms with Gasteiger partial charge in [-0.05, 0) is 76.9 Å². The van der Waals surface area contributed by atoms with Crippen LogP contribution in [0.25, 0.3) is 0 Å². The lowest BCUT2D eigenvalue weighted by Crippen LogP contribution is -2.46. The lowest BCUT2D eigenvalue weighted by molar-refractivity contribution is -0.152. The first kappa shape index (κ1) is 24.3. The van der Waals surface area contributed by atoms with Crippen molar-refractivity contribution < 1.29 is 27.8 Å². The van der Waals surface area contributed by atoms with Crippen molar-refractivity contribution in [2.75, 3.05) is 0 Å². The highest BCUT2D eigenvalue weighted by Gasteiger charge is 2.38. The van der Waals surface area contributed by atoms with Crippen LogP contribution in [0, 0.1) is 11.6 Å². The van der Waals surface area contributed by atoms with Crippen LogP contribution in [-0.4, -0.2) is 29.8 Å². The minimum atomic E-state index is -0.956. The smallest absolute Gasteiger partial charge is 0.408 e. The first-order valence-electron chi connectivity index (χ1n) is 10.0. The topological polar surface area (TPSA) is 64.6 Å². The number of alkyl carbamates (subject to hydrolysis) is 1. The van der Waals surface area contributed by atoms with Gasteiger partial charge in [-0.1, -0.05) is 24.3 Å². The Morgan fingerprint density at radius 2 is 1.26 bits per heavy atom. The summed E-state index contributed by atoms with van der Waals surface area (Å²) in [6.45, 7) is 10.2. The van der Waals surface area contributed by atoms with Gasteiger partial charge in [0.05, 0.1) is 5.41 Å². The van der Waals surface area contributed by atoms with Crippen molar-refractivity contribution in [3.05, 3.63) is 71.3 Å². The SMILES string of the molecule is CC(NC(=O)OC(C)(C)C)C(=O)OC(C)C(C)(c1ccc(F)cc1)c1ccc(F)cc1. The summed E-state index contributed by atoms with van der Waals surface area (Å²) in [6, 6.07) is 10.7. The van der Waals surface area contributed by atoms with Crippen LogP contribution in [0.1, 0.15) is 52.7 Å². The third-order valence-corrected chi connectivity index (χ3v) is 5.08. The average Bonchev–Trinajstić information content (AvgIpc) is 2.66. The Morgan fingerprint density at radius 1 is 0.839 bits per heavy atom. The fourth-order valence-electron chi connectivity index (χ4n) is 3.17. The molecule has 0 bridgehead atoms. The maximum absolute atomic E-state index is 13.5. The van der Waals surface area contributed by atoms with Crippen molar-refractivity contribution in [2.45, 2.75) is 64.7 Å². The molecule has 0 aromatic heterocycles. The highest BCUT2D eigenvalue weighted by atomic mass is 19.1. The lowest BCUT2D eigenvalue weighted by Gasteiger charge is -2.37. The van der Waals surface area contributed by atoms with Gasteiger partial charge in [0, 0.05) is 0 Å². The molecule has 2 unspecified atom stereocenters. The molecule has 0 aliphatic heterocycles. The highest BCUT2D eigenvalue weighted by molar-refractivity contribution is 5.81. The number of rotatable bonds is 6. The van der Waals surface area contributed by atoms with Crippen LogP contribution in [0.15, 0.2) is 48.5 Å². The van der Waals surface area contributed by atoms with Crippen molar-refractivity contribution in [1.82, 2.24) is 5.32 Å². The Morgan fingerprint density at radius 3 is 1.65 bits per heavy atom. The molecule has 0 saturated carbocycles. The maximum Gasteiger partial charge on any atom is 0.408 e. The summed E-state index contributed by atoms with van der Waals surface area (Å²) in [4.78, 5) is 24.6. The van der Waals surface area contributed by atoms with Gasteiger partial charge >= 0.3 is 12.1 Å². The van der Waals surface area contributed by atoms with Crippen molar-refractivity contribution in [3.8, 4) is 0 Å². The van der Waals surface area contributed by atoms with Gasteiger partial charge in [0.15, 0.2) is 0 Å². The van der Waals surface area contributed by atoms with Gasteiger partial charge < -0.3 is 14.8 Å². The highest BCUT2D eigenvalue weighted by Crippen LogP contribution is 2.37. The van der Waals surface area contributed by atoms with Crippen molar-refractivity contribution >= 4 is 12.1 Å². The van der Waals surface area contributed by atoms with E-state index in [9.17, 15) is 18.4 Å². The third-order valence-electron chi connectivity index (χ3n) is 5.08. The molecule has 0 heterocycles. The number of carbonyl (C=O) groups excluding carboxylic acids is 2. The zero-order chi connectivity index (χ0) is 23.4. The molecule has 168 valence electrons. The molecule has 2 atom stereocenters. The van der Waals surface area contributed by atoms with Gasteiger partial charge in [0.2, 0.25) is 0 Å². The molecular weight excluding hydrogens is 404 g/mol. The molecule has 1 N–H and O–H groups in total. The molecule has 2 aromatic carbocycles. The Hall–Kier alpha value is -2.96. The van der Waals surface area contributed by atoms with Gasteiger partial charge in [-0.2, -0.15) is 0 Å². The summed E-state index contributed by atoms with van der Waals surface area (Å²) in [5.74, 6) is -1.45. The summed E-state index contributed by atoms with van der Waals surface area (Å²) < 4.78 is 37.8. The Balaban J connectivity index is 2.26. The Bertz CT molecular complexity index is 859. The molecular formula is C24H29F2NO4. The monoisotopic (exact) mass is 433 g/mol. The fourth-order valence-corrected chi connectivity index (χ4v) is 3.17. The van der Waals surface area contributed by atoms with Crippen LogP contribution in [-0.2, 0) is 19.7 Å². The standard InChI is InChI=1S/C24H29F2NO4/c1-15(27-22(29)31-23(3,4)5)21(28)30-16(2)24(6,17-7-11-19(25)12-8-17)18-9-13-20(26)14-10-18/h7-16H,1-6H3,(H,27,29). The number of hydrogen-bond donors (Lipinski definition) is 1. The van der Waals surface area contributed by atoms with E-state index in [1.54, 1.807) is 52.0 Å². The summed E-state index contributed by atoms with van der Waals surface area (Å²) in [5, 5.41) is 2.45. The quantitative estimate of drug-likeness (QED) is 0.643. The summed E-state index contributed by atoms with van der Waals surface area (Å²) >= 11 is 0. The van der Waals surface area contributed by atoms with E-state index in [2.05, 4.69) is 5.32 Å². The fraction of sp³-hybridized carbons (Fsp3) is 0.417. The van der Waals surface area contributed by atoms with Gasteiger partial charge in [0.25, 0.3) is 0 Å². The zero-order valence-corrected chi connectivity index (χ0v) is 18.7. The number of halogens is 2. The molecule has 7 heteroatoms. The van der Waals surface area contributed by atoms with Crippen LogP contribution >= 0.6 is 0 Å². The number of esters is 1. The van der Waals surface area contributed by atoms with E-state index < -0.39 is 46.9 Å².